The molecule has 17 heavy (non-hydrogen) atoms. The van der Waals surface area contributed by atoms with Crippen LogP contribution in [-0.4, -0.2) is 38.1 Å². The lowest BCUT2D eigenvalue weighted by molar-refractivity contribution is 0.0745. The Morgan fingerprint density at radius 3 is 2.65 bits per heavy atom. The van der Waals surface area contributed by atoms with Gasteiger partial charge in [0.25, 0.3) is 5.91 Å². The first-order chi connectivity index (χ1) is 8.21. The van der Waals surface area contributed by atoms with Gasteiger partial charge in [0, 0.05) is 19.2 Å². The number of hydrogen-bond acceptors (Lipinski definition) is 3. The number of nitrogens with zero attached hydrogens (tertiary/aromatic N) is 1. The van der Waals surface area contributed by atoms with Gasteiger partial charge in [-0.3, -0.25) is 4.79 Å². The van der Waals surface area contributed by atoms with Crippen LogP contribution in [0.15, 0.2) is 12.1 Å². The first kappa shape index (κ1) is 11.8. The van der Waals surface area contributed by atoms with Crippen LogP contribution in [0.2, 0.25) is 0 Å². The van der Waals surface area contributed by atoms with Crippen LogP contribution in [-0.2, 0) is 6.42 Å². The van der Waals surface area contributed by atoms with Crippen LogP contribution in [0, 0.1) is 0 Å². The minimum absolute atomic E-state index is 0.0493. The highest BCUT2D eigenvalue weighted by Crippen LogP contribution is 2.32. The smallest absolute Gasteiger partial charge is 0.257 e. The second-order valence-corrected chi connectivity index (χ2v) is 4.00. The number of methoxy groups -OCH3 is 2. The van der Waals surface area contributed by atoms with Gasteiger partial charge in [-0.05, 0) is 25.0 Å². The van der Waals surface area contributed by atoms with E-state index in [2.05, 4.69) is 0 Å². The van der Waals surface area contributed by atoms with E-state index in [0.717, 1.165) is 30.8 Å². The molecule has 1 heterocycles. The summed E-state index contributed by atoms with van der Waals surface area (Å²) in [6.07, 6.45) is 0.850. The van der Waals surface area contributed by atoms with E-state index in [9.17, 15) is 4.79 Å². The van der Waals surface area contributed by atoms with Crippen molar-refractivity contribution in [1.29, 1.82) is 0 Å². The lowest BCUT2D eigenvalue weighted by atomic mass is 9.97. The fourth-order valence-corrected chi connectivity index (χ4v) is 2.18. The molecule has 4 nitrogen and oxygen atoms in total. The summed E-state index contributed by atoms with van der Waals surface area (Å²) in [6.45, 7) is 3.48. The summed E-state index contributed by atoms with van der Waals surface area (Å²) < 4.78 is 10.5. The maximum absolute atomic E-state index is 12.2. The highest BCUT2D eigenvalue weighted by Gasteiger charge is 2.27. The van der Waals surface area contributed by atoms with Gasteiger partial charge in [-0.1, -0.05) is 0 Å². The van der Waals surface area contributed by atoms with Crippen molar-refractivity contribution in [3.63, 3.8) is 0 Å². The summed E-state index contributed by atoms with van der Waals surface area (Å²) in [4.78, 5) is 14.1. The van der Waals surface area contributed by atoms with Gasteiger partial charge in [0.05, 0.1) is 19.8 Å². The van der Waals surface area contributed by atoms with Gasteiger partial charge >= 0.3 is 0 Å². The Labute approximate surface area is 101 Å². The van der Waals surface area contributed by atoms with Crippen LogP contribution in [0.3, 0.4) is 0 Å². The zero-order valence-corrected chi connectivity index (χ0v) is 10.4. The predicted octanol–water partition coefficient (Wildman–Crippen LogP) is 1.72. The Kier molecular flexibility index (Phi) is 3.22. The number of rotatable bonds is 3. The van der Waals surface area contributed by atoms with Gasteiger partial charge in [-0.2, -0.15) is 0 Å². The first-order valence-electron chi connectivity index (χ1n) is 5.75. The molecule has 0 saturated heterocycles. The van der Waals surface area contributed by atoms with Crippen LogP contribution in [0.1, 0.15) is 22.8 Å². The molecule has 4 heteroatoms. The van der Waals surface area contributed by atoms with E-state index >= 15 is 0 Å². The van der Waals surface area contributed by atoms with Crippen molar-refractivity contribution in [2.75, 3.05) is 27.3 Å². The normalized spacial score (nSPS) is 14.5. The SMILES string of the molecule is CCN1CCc2cc(OC)cc(OC)c2C1=O. The van der Waals surface area contributed by atoms with Gasteiger partial charge in [-0.15, -0.1) is 0 Å². The van der Waals surface area contributed by atoms with Crippen molar-refractivity contribution < 1.29 is 14.3 Å². The minimum Gasteiger partial charge on any atom is -0.497 e. The number of amides is 1. The van der Waals surface area contributed by atoms with Crippen molar-refractivity contribution in [3.8, 4) is 11.5 Å². The number of ether oxygens (including phenoxy) is 2. The fourth-order valence-electron chi connectivity index (χ4n) is 2.18. The number of likely N-dealkylation sites (N-methyl/N-ethyl adjacent to an activating group) is 1. The molecule has 0 unspecified atom stereocenters. The Balaban J connectivity index is 2.51. The van der Waals surface area contributed by atoms with Crippen LogP contribution < -0.4 is 9.47 Å². The standard InChI is InChI=1S/C13H17NO3/c1-4-14-6-5-9-7-10(16-2)8-11(17-3)12(9)13(14)15/h7-8H,4-6H2,1-3H3. The molecule has 0 fully saturated rings. The molecule has 0 N–H and O–H groups in total. The first-order valence-corrected chi connectivity index (χ1v) is 5.75. The largest absolute Gasteiger partial charge is 0.497 e. The molecule has 1 aliphatic rings. The van der Waals surface area contributed by atoms with Gasteiger partial charge in [-0.25, -0.2) is 0 Å². The lowest BCUT2D eigenvalue weighted by Crippen LogP contribution is -2.37. The van der Waals surface area contributed by atoms with Crippen molar-refractivity contribution in [2.45, 2.75) is 13.3 Å². The number of hydrogen-bond donors (Lipinski definition) is 0. The Morgan fingerprint density at radius 1 is 1.29 bits per heavy atom. The quantitative estimate of drug-likeness (QED) is 0.800. The topological polar surface area (TPSA) is 38.8 Å². The van der Waals surface area contributed by atoms with E-state index in [1.54, 1.807) is 20.3 Å². The minimum atomic E-state index is 0.0493. The van der Waals surface area contributed by atoms with Crippen LogP contribution in [0.25, 0.3) is 0 Å². The Morgan fingerprint density at radius 2 is 2.06 bits per heavy atom. The zero-order chi connectivity index (χ0) is 12.4. The summed E-state index contributed by atoms with van der Waals surface area (Å²) in [5.74, 6) is 1.38. The molecule has 1 aliphatic heterocycles. The van der Waals surface area contributed by atoms with Gasteiger partial charge in [0.2, 0.25) is 0 Å². The third-order valence-electron chi connectivity index (χ3n) is 3.15. The average molecular weight is 235 g/mol. The molecule has 0 aromatic heterocycles. The molecule has 0 spiro atoms. The van der Waals surface area contributed by atoms with E-state index in [1.807, 2.05) is 17.9 Å². The molecular formula is C13H17NO3. The van der Waals surface area contributed by atoms with E-state index in [-0.39, 0.29) is 5.91 Å². The fraction of sp³-hybridized carbons (Fsp3) is 0.462. The third-order valence-corrected chi connectivity index (χ3v) is 3.15. The van der Waals surface area contributed by atoms with Crippen LogP contribution in [0.4, 0.5) is 0 Å². The van der Waals surface area contributed by atoms with Crippen molar-refractivity contribution in [2.24, 2.45) is 0 Å². The number of benzene rings is 1. The lowest BCUT2D eigenvalue weighted by Gasteiger charge is -2.28. The van der Waals surface area contributed by atoms with E-state index in [4.69, 9.17) is 9.47 Å². The monoisotopic (exact) mass is 235 g/mol. The summed E-state index contributed by atoms with van der Waals surface area (Å²) in [7, 11) is 3.19. The maximum Gasteiger partial charge on any atom is 0.257 e. The van der Waals surface area contributed by atoms with Crippen LogP contribution >= 0.6 is 0 Å². The van der Waals surface area contributed by atoms with Gasteiger partial charge in [0.1, 0.15) is 11.5 Å². The molecule has 0 atom stereocenters. The highest BCUT2D eigenvalue weighted by molar-refractivity contribution is 5.99. The predicted molar refractivity (Wildman–Crippen MR) is 64.8 cm³/mol. The highest BCUT2D eigenvalue weighted by atomic mass is 16.5. The van der Waals surface area contributed by atoms with E-state index in [1.165, 1.54) is 0 Å². The zero-order valence-electron chi connectivity index (χ0n) is 10.4. The van der Waals surface area contributed by atoms with Gasteiger partial charge < -0.3 is 14.4 Å². The molecule has 1 aromatic carbocycles. The molecular weight excluding hydrogens is 218 g/mol. The van der Waals surface area contributed by atoms with Crippen molar-refractivity contribution in [1.82, 2.24) is 4.90 Å². The molecule has 0 saturated carbocycles. The maximum atomic E-state index is 12.2. The molecule has 0 aliphatic carbocycles. The molecule has 0 bridgehead atoms. The molecule has 1 aromatic rings. The second-order valence-electron chi connectivity index (χ2n) is 4.00. The van der Waals surface area contributed by atoms with E-state index in [0.29, 0.717) is 11.3 Å². The molecule has 0 radical (unpaired) electrons. The average Bonchev–Trinajstić information content (AvgIpc) is 2.37. The number of carbonyl (C=O) groups excluding carboxylic acids is 1. The number of fused-ring (bicyclic) bond motifs is 1. The Hall–Kier alpha value is -1.71. The van der Waals surface area contributed by atoms with E-state index < -0.39 is 0 Å². The summed E-state index contributed by atoms with van der Waals surface area (Å²) in [6, 6.07) is 3.68. The summed E-state index contributed by atoms with van der Waals surface area (Å²) in [5, 5.41) is 0. The molecule has 92 valence electrons. The van der Waals surface area contributed by atoms with Crippen LogP contribution in [0.5, 0.6) is 11.5 Å². The number of carbonyl (C=O) groups is 1. The third kappa shape index (κ3) is 1.95. The van der Waals surface area contributed by atoms with Crippen molar-refractivity contribution >= 4 is 5.91 Å². The Bertz CT molecular complexity index is 425. The summed E-state index contributed by atoms with van der Waals surface area (Å²) >= 11 is 0. The molecule has 1 amide bonds. The van der Waals surface area contributed by atoms with Gasteiger partial charge in [0.15, 0.2) is 0 Å². The van der Waals surface area contributed by atoms with Crippen molar-refractivity contribution in [3.05, 3.63) is 23.3 Å². The summed E-state index contributed by atoms with van der Waals surface area (Å²) in [5.41, 5.74) is 1.69. The second kappa shape index (κ2) is 4.65. The molecule has 2 rings (SSSR count).